The van der Waals surface area contributed by atoms with Crippen LogP contribution in [0.2, 0.25) is 15.1 Å². The van der Waals surface area contributed by atoms with E-state index in [1.807, 2.05) is 24.3 Å². The van der Waals surface area contributed by atoms with Gasteiger partial charge in [-0.3, -0.25) is 4.79 Å². The number of thioether (sulfide) groups is 1. The van der Waals surface area contributed by atoms with Crippen LogP contribution in [0.25, 0.3) is 0 Å². The predicted octanol–water partition coefficient (Wildman–Crippen LogP) is 5.17. The monoisotopic (exact) mass is 359 g/mol. The molecule has 1 N–H and O–H groups in total. The second kappa shape index (κ2) is 7.95. The van der Waals surface area contributed by atoms with Crippen molar-refractivity contribution in [2.75, 3.05) is 12.3 Å². The lowest BCUT2D eigenvalue weighted by Gasteiger charge is -2.06. The smallest absolute Gasteiger partial charge is 0.251 e. The van der Waals surface area contributed by atoms with E-state index in [2.05, 4.69) is 5.32 Å². The molecule has 2 aromatic rings. The van der Waals surface area contributed by atoms with Crippen LogP contribution in [0.1, 0.15) is 10.4 Å². The van der Waals surface area contributed by atoms with Crippen molar-refractivity contribution in [2.45, 2.75) is 4.90 Å². The van der Waals surface area contributed by atoms with Gasteiger partial charge in [-0.2, -0.15) is 0 Å². The molecule has 21 heavy (non-hydrogen) atoms. The van der Waals surface area contributed by atoms with Crippen LogP contribution in [0.5, 0.6) is 0 Å². The lowest BCUT2D eigenvalue weighted by Crippen LogP contribution is -2.25. The first-order chi connectivity index (χ1) is 10.1. The van der Waals surface area contributed by atoms with Gasteiger partial charge in [-0.1, -0.05) is 34.8 Å². The van der Waals surface area contributed by atoms with E-state index in [1.165, 1.54) is 0 Å². The maximum absolute atomic E-state index is 11.9. The number of carbonyl (C=O) groups is 1. The highest BCUT2D eigenvalue weighted by Gasteiger charge is 2.07. The molecule has 0 radical (unpaired) electrons. The third-order valence-electron chi connectivity index (χ3n) is 2.65. The van der Waals surface area contributed by atoms with Gasteiger partial charge in [0.1, 0.15) is 0 Å². The zero-order valence-electron chi connectivity index (χ0n) is 10.9. The number of hydrogen-bond acceptors (Lipinski definition) is 2. The molecule has 0 heterocycles. The number of carbonyl (C=O) groups excluding carboxylic acids is 1. The van der Waals surface area contributed by atoms with Crippen molar-refractivity contribution in [3.8, 4) is 0 Å². The Morgan fingerprint density at radius 1 is 1.00 bits per heavy atom. The summed E-state index contributed by atoms with van der Waals surface area (Å²) in [6, 6.07) is 12.4. The van der Waals surface area contributed by atoms with Crippen LogP contribution in [0.15, 0.2) is 47.4 Å². The van der Waals surface area contributed by atoms with Gasteiger partial charge in [-0.15, -0.1) is 11.8 Å². The Morgan fingerprint density at radius 3 is 2.38 bits per heavy atom. The molecule has 1 amide bonds. The van der Waals surface area contributed by atoms with Crippen molar-refractivity contribution in [2.24, 2.45) is 0 Å². The molecule has 0 aliphatic heterocycles. The van der Waals surface area contributed by atoms with E-state index < -0.39 is 0 Å². The Bertz CT molecular complexity index is 631. The molecule has 0 saturated carbocycles. The van der Waals surface area contributed by atoms with Gasteiger partial charge >= 0.3 is 0 Å². The molecular formula is C15H12Cl3NOS. The van der Waals surface area contributed by atoms with E-state index >= 15 is 0 Å². The van der Waals surface area contributed by atoms with Crippen molar-refractivity contribution < 1.29 is 4.79 Å². The van der Waals surface area contributed by atoms with Crippen molar-refractivity contribution in [3.63, 3.8) is 0 Å². The van der Waals surface area contributed by atoms with Crippen LogP contribution in [-0.2, 0) is 0 Å². The normalized spacial score (nSPS) is 10.4. The fourth-order valence-corrected chi connectivity index (χ4v) is 2.80. The number of hydrogen-bond donors (Lipinski definition) is 1. The van der Waals surface area contributed by atoms with Gasteiger partial charge in [0.2, 0.25) is 0 Å². The third-order valence-corrected chi connectivity index (χ3v) is 4.66. The summed E-state index contributed by atoms with van der Waals surface area (Å²) < 4.78 is 0. The number of nitrogens with one attached hydrogen (secondary N) is 1. The SMILES string of the molecule is O=C(NCCSc1ccc(Cl)cc1)c1ccc(Cl)c(Cl)c1. The molecular weight excluding hydrogens is 349 g/mol. The van der Waals surface area contributed by atoms with Gasteiger partial charge in [0.05, 0.1) is 10.0 Å². The highest BCUT2D eigenvalue weighted by molar-refractivity contribution is 7.99. The Kier molecular flexibility index (Phi) is 6.24. The van der Waals surface area contributed by atoms with E-state index in [-0.39, 0.29) is 5.91 Å². The summed E-state index contributed by atoms with van der Waals surface area (Å²) in [6.07, 6.45) is 0. The number of rotatable bonds is 5. The highest BCUT2D eigenvalue weighted by atomic mass is 35.5. The molecule has 110 valence electrons. The largest absolute Gasteiger partial charge is 0.351 e. The minimum absolute atomic E-state index is 0.162. The molecule has 0 aromatic heterocycles. The molecule has 2 aromatic carbocycles. The summed E-state index contributed by atoms with van der Waals surface area (Å²) in [5.74, 6) is 0.611. The summed E-state index contributed by atoms with van der Waals surface area (Å²) in [5.41, 5.74) is 0.501. The number of amides is 1. The Labute approximate surface area is 142 Å². The van der Waals surface area contributed by atoms with Crippen molar-refractivity contribution in [1.82, 2.24) is 5.32 Å². The van der Waals surface area contributed by atoms with Crippen LogP contribution in [0.3, 0.4) is 0 Å². The quantitative estimate of drug-likeness (QED) is 0.589. The maximum atomic E-state index is 11.9. The average molecular weight is 361 g/mol. The van der Waals surface area contributed by atoms with Crippen molar-refractivity contribution >= 4 is 52.5 Å². The standard InChI is InChI=1S/C15H12Cl3NOS/c16-11-2-4-12(5-3-11)21-8-7-19-15(20)10-1-6-13(17)14(18)9-10/h1-6,9H,7-8H2,(H,19,20). The fraction of sp³-hybridized carbons (Fsp3) is 0.133. The first-order valence-corrected chi connectivity index (χ1v) is 8.30. The summed E-state index contributed by atoms with van der Waals surface area (Å²) in [6.45, 7) is 0.562. The van der Waals surface area contributed by atoms with E-state index in [1.54, 1.807) is 30.0 Å². The van der Waals surface area contributed by atoms with Crippen LogP contribution in [0.4, 0.5) is 0 Å². The van der Waals surface area contributed by atoms with Gasteiger partial charge < -0.3 is 5.32 Å². The Balaban J connectivity index is 1.79. The molecule has 0 atom stereocenters. The molecule has 0 spiro atoms. The van der Waals surface area contributed by atoms with Crippen molar-refractivity contribution in [3.05, 3.63) is 63.1 Å². The van der Waals surface area contributed by atoms with E-state index in [4.69, 9.17) is 34.8 Å². The summed E-state index contributed by atoms with van der Waals surface area (Å²) in [5, 5.41) is 4.37. The molecule has 0 unspecified atom stereocenters. The number of benzene rings is 2. The van der Waals surface area contributed by atoms with Crippen LogP contribution in [0, 0.1) is 0 Å². The zero-order valence-corrected chi connectivity index (χ0v) is 14.0. The van der Waals surface area contributed by atoms with Gasteiger partial charge in [0.15, 0.2) is 0 Å². The maximum Gasteiger partial charge on any atom is 0.251 e. The predicted molar refractivity (Wildman–Crippen MR) is 91.0 cm³/mol. The van der Waals surface area contributed by atoms with E-state index in [9.17, 15) is 4.79 Å². The topological polar surface area (TPSA) is 29.1 Å². The molecule has 2 rings (SSSR count). The second-order valence-corrected chi connectivity index (χ2v) is 6.61. The molecule has 6 heteroatoms. The molecule has 2 nitrogen and oxygen atoms in total. The molecule has 0 aliphatic rings. The van der Waals surface area contributed by atoms with Gasteiger partial charge in [-0.05, 0) is 42.5 Å². The summed E-state index contributed by atoms with van der Waals surface area (Å²) in [4.78, 5) is 13.0. The Hall–Kier alpha value is -0.870. The van der Waals surface area contributed by atoms with Crippen molar-refractivity contribution in [1.29, 1.82) is 0 Å². The molecule has 0 saturated heterocycles. The molecule has 0 bridgehead atoms. The number of halogens is 3. The lowest BCUT2D eigenvalue weighted by molar-refractivity contribution is 0.0956. The minimum atomic E-state index is -0.162. The summed E-state index contributed by atoms with van der Waals surface area (Å²) in [7, 11) is 0. The van der Waals surface area contributed by atoms with Crippen LogP contribution < -0.4 is 5.32 Å². The average Bonchev–Trinajstić information content (AvgIpc) is 2.48. The zero-order chi connectivity index (χ0) is 15.2. The highest BCUT2D eigenvalue weighted by Crippen LogP contribution is 2.22. The van der Waals surface area contributed by atoms with Crippen LogP contribution in [-0.4, -0.2) is 18.2 Å². The minimum Gasteiger partial charge on any atom is -0.351 e. The molecule has 0 fully saturated rings. The third kappa shape index (κ3) is 5.11. The fourth-order valence-electron chi connectivity index (χ4n) is 1.60. The first-order valence-electron chi connectivity index (χ1n) is 6.18. The van der Waals surface area contributed by atoms with Gasteiger partial charge in [0.25, 0.3) is 5.91 Å². The summed E-state index contributed by atoms with van der Waals surface area (Å²) >= 11 is 19.2. The van der Waals surface area contributed by atoms with Gasteiger partial charge in [-0.25, -0.2) is 0 Å². The Morgan fingerprint density at radius 2 is 1.71 bits per heavy atom. The van der Waals surface area contributed by atoms with E-state index in [0.29, 0.717) is 27.2 Å². The van der Waals surface area contributed by atoms with Crippen LogP contribution >= 0.6 is 46.6 Å². The van der Waals surface area contributed by atoms with Gasteiger partial charge in [0, 0.05) is 27.8 Å². The second-order valence-electron chi connectivity index (χ2n) is 4.19. The first kappa shape index (κ1) is 16.5. The lowest BCUT2D eigenvalue weighted by atomic mass is 10.2. The van der Waals surface area contributed by atoms with E-state index in [0.717, 1.165) is 10.6 Å². The molecule has 0 aliphatic carbocycles.